The van der Waals surface area contributed by atoms with Gasteiger partial charge in [0.25, 0.3) is 5.91 Å². The van der Waals surface area contributed by atoms with Gasteiger partial charge in [0, 0.05) is 23.2 Å². The van der Waals surface area contributed by atoms with Crippen LogP contribution >= 0.6 is 0 Å². The van der Waals surface area contributed by atoms with Crippen LogP contribution in [0.3, 0.4) is 0 Å². The SMILES string of the molecule is COc1ccc2c(c1)C(NC(=O)c1n[nH]c3c1CCC3)CC(C)(C)O2. The molecule has 2 aromatic rings. The minimum atomic E-state index is -0.354. The molecule has 1 unspecified atom stereocenters. The van der Waals surface area contributed by atoms with Gasteiger partial charge < -0.3 is 14.8 Å². The summed E-state index contributed by atoms with van der Waals surface area (Å²) in [6, 6.07) is 5.57. The molecule has 0 saturated heterocycles. The maximum Gasteiger partial charge on any atom is 0.272 e. The van der Waals surface area contributed by atoms with E-state index in [2.05, 4.69) is 15.5 Å². The first-order valence-electron chi connectivity index (χ1n) is 8.71. The Kier molecular flexibility index (Phi) is 3.71. The molecule has 1 aliphatic carbocycles. The molecule has 0 radical (unpaired) electrons. The van der Waals surface area contributed by atoms with Gasteiger partial charge in [-0.3, -0.25) is 9.89 Å². The number of rotatable bonds is 3. The number of ether oxygens (including phenoxy) is 2. The highest BCUT2D eigenvalue weighted by atomic mass is 16.5. The monoisotopic (exact) mass is 341 g/mol. The van der Waals surface area contributed by atoms with Gasteiger partial charge >= 0.3 is 0 Å². The van der Waals surface area contributed by atoms with Gasteiger partial charge in [-0.2, -0.15) is 5.10 Å². The van der Waals surface area contributed by atoms with Crippen LogP contribution in [0.4, 0.5) is 0 Å². The number of hydrogen-bond acceptors (Lipinski definition) is 4. The normalized spacial score (nSPS) is 20.4. The topological polar surface area (TPSA) is 76.2 Å². The highest BCUT2D eigenvalue weighted by molar-refractivity contribution is 5.94. The summed E-state index contributed by atoms with van der Waals surface area (Å²) in [5, 5.41) is 10.4. The summed E-state index contributed by atoms with van der Waals surface area (Å²) >= 11 is 0. The van der Waals surface area contributed by atoms with Crippen LogP contribution in [0.1, 0.15) is 60.0 Å². The third kappa shape index (κ3) is 2.86. The van der Waals surface area contributed by atoms with Gasteiger partial charge in [0.05, 0.1) is 13.2 Å². The van der Waals surface area contributed by atoms with E-state index in [0.29, 0.717) is 12.1 Å². The third-order valence-electron chi connectivity index (χ3n) is 5.00. The lowest BCUT2D eigenvalue weighted by Gasteiger charge is -2.38. The minimum absolute atomic E-state index is 0.129. The molecule has 6 heteroatoms. The maximum atomic E-state index is 12.8. The number of methoxy groups -OCH3 is 1. The second-order valence-electron chi connectivity index (χ2n) is 7.38. The van der Waals surface area contributed by atoms with Crippen molar-refractivity contribution in [1.29, 1.82) is 0 Å². The summed E-state index contributed by atoms with van der Waals surface area (Å²) in [4.78, 5) is 12.8. The van der Waals surface area contributed by atoms with E-state index < -0.39 is 0 Å². The molecule has 1 amide bonds. The van der Waals surface area contributed by atoms with Crippen LogP contribution in [0.25, 0.3) is 0 Å². The zero-order valence-electron chi connectivity index (χ0n) is 14.8. The maximum absolute atomic E-state index is 12.8. The fourth-order valence-corrected chi connectivity index (χ4v) is 3.82. The number of aryl methyl sites for hydroxylation is 1. The molecule has 4 rings (SSSR count). The predicted octanol–water partition coefficient (Wildman–Crippen LogP) is 2.94. The van der Waals surface area contributed by atoms with Crippen molar-refractivity contribution in [3.05, 3.63) is 40.7 Å². The molecule has 6 nitrogen and oxygen atoms in total. The van der Waals surface area contributed by atoms with E-state index in [1.807, 2.05) is 32.0 Å². The van der Waals surface area contributed by atoms with Crippen molar-refractivity contribution in [1.82, 2.24) is 15.5 Å². The molecule has 2 aliphatic rings. The summed E-state index contributed by atoms with van der Waals surface area (Å²) in [6.45, 7) is 4.07. The molecule has 1 aromatic heterocycles. The highest BCUT2D eigenvalue weighted by Gasteiger charge is 2.36. The number of aromatic amines is 1. The number of benzene rings is 1. The molecule has 1 aromatic carbocycles. The van der Waals surface area contributed by atoms with Gasteiger partial charge in [0.15, 0.2) is 5.69 Å². The summed E-state index contributed by atoms with van der Waals surface area (Å²) in [5.41, 5.74) is 3.28. The number of H-pyrrole nitrogens is 1. The lowest BCUT2D eigenvalue weighted by Crippen LogP contribution is -2.41. The highest BCUT2D eigenvalue weighted by Crippen LogP contribution is 2.41. The van der Waals surface area contributed by atoms with Crippen molar-refractivity contribution in [3.63, 3.8) is 0 Å². The van der Waals surface area contributed by atoms with Crippen molar-refractivity contribution >= 4 is 5.91 Å². The first-order chi connectivity index (χ1) is 12.0. The van der Waals surface area contributed by atoms with Crippen LogP contribution in [0.15, 0.2) is 18.2 Å². The van der Waals surface area contributed by atoms with Gasteiger partial charge in [-0.25, -0.2) is 0 Å². The zero-order chi connectivity index (χ0) is 17.6. The molecule has 0 spiro atoms. The quantitative estimate of drug-likeness (QED) is 0.900. The Morgan fingerprint density at radius 1 is 1.40 bits per heavy atom. The first-order valence-corrected chi connectivity index (χ1v) is 8.71. The van der Waals surface area contributed by atoms with E-state index >= 15 is 0 Å². The van der Waals surface area contributed by atoms with Gasteiger partial charge in [-0.1, -0.05) is 0 Å². The summed E-state index contributed by atoms with van der Waals surface area (Å²) in [7, 11) is 1.63. The van der Waals surface area contributed by atoms with Gasteiger partial charge in [-0.05, 0) is 51.3 Å². The number of fused-ring (bicyclic) bond motifs is 2. The Labute approximate surface area is 146 Å². The van der Waals surface area contributed by atoms with Gasteiger partial charge in [0.2, 0.25) is 0 Å². The lowest BCUT2D eigenvalue weighted by molar-refractivity contribution is 0.0616. The van der Waals surface area contributed by atoms with E-state index in [4.69, 9.17) is 9.47 Å². The average Bonchev–Trinajstić information content (AvgIpc) is 3.16. The smallest absolute Gasteiger partial charge is 0.272 e. The van der Waals surface area contributed by atoms with Crippen LogP contribution in [0.2, 0.25) is 0 Å². The van der Waals surface area contributed by atoms with Crippen LogP contribution in [-0.4, -0.2) is 28.8 Å². The molecule has 0 bridgehead atoms. The van der Waals surface area contributed by atoms with Crippen molar-refractivity contribution in [3.8, 4) is 11.5 Å². The van der Waals surface area contributed by atoms with Crippen LogP contribution in [0.5, 0.6) is 11.5 Å². The largest absolute Gasteiger partial charge is 0.497 e. The predicted molar refractivity (Wildman–Crippen MR) is 93.1 cm³/mol. The molecule has 0 saturated carbocycles. The molecule has 1 atom stereocenters. The third-order valence-corrected chi connectivity index (χ3v) is 5.00. The molecule has 1 aliphatic heterocycles. The van der Waals surface area contributed by atoms with Crippen molar-refractivity contribution in [2.75, 3.05) is 7.11 Å². The number of aromatic nitrogens is 2. The molecule has 0 fully saturated rings. The summed E-state index contributed by atoms with van der Waals surface area (Å²) < 4.78 is 11.4. The van der Waals surface area contributed by atoms with E-state index in [9.17, 15) is 4.79 Å². The summed E-state index contributed by atoms with van der Waals surface area (Å²) in [6.07, 6.45) is 3.65. The number of hydrogen-bond donors (Lipinski definition) is 2. The van der Waals surface area contributed by atoms with E-state index in [0.717, 1.165) is 47.6 Å². The molecule has 2 N–H and O–H groups in total. The molecular formula is C19H23N3O3. The fourth-order valence-electron chi connectivity index (χ4n) is 3.82. The Hall–Kier alpha value is -2.50. The van der Waals surface area contributed by atoms with E-state index in [1.165, 1.54) is 0 Å². The number of carbonyl (C=O) groups excluding carboxylic acids is 1. The minimum Gasteiger partial charge on any atom is -0.497 e. The number of carbonyl (C=O) groups is 1. The fraction of sp³-hybridized carbons (Fsp3) is 0.474. The first kappa shape index (κ1) is 16.0. The van der Waals surface area contributed by atoms with E-state index in [1.54, 1.807) is 7.11 Å². The molecular weight excluding hydrogens is 318 g/mol. The van der Waals surface area contributed by atoms with Gasteiger partial charge in [-0.15, -0.1) is 0 Å². The Morgan fingerprint density at radius 3 is 3.04 bits per heavy atom. The second kappa shape index (κ2) is 5.79. The van der Waals surface area contributed by atoms with Crippen LogP contribution in [0, 0.1) is 0 Å². The molecule has 2 heterocycles. The zero-order valence-corrected chi connectivity index (χ0v) is 14.8. The second-order valence-corrected chi connectivity index (χ2v) is 7.38. The number of nitrogens with zero attached hydrogens (tertiary/aromatic N) is 1. The van der Waals surface area contributed by atoms with Gasteiger partial charge in [0.1, 0.15) is 17.1 Å². The van der Waals surface area contributed by atoms with Crippen molar-refractivity contribution < 1.29 is 14.3 Å². The average molecular weight is 341 g/mol. The lowest BCUT2D eigenvalue weighted by atomic mass is 9.89. The Bertz CT molecular complexity index is 825. The van der Waals surface area contributed by atoms with Crippen molar-refractivity contribution in [2.24, 2.45) is 0 Å². The number of amides is 1. The standard InChI is InChI=1S/C19H23N3O3/c1-19(2)10-15(13-9-11(24-3)7-8-16(13)25-19)20-18(23)17-12-5-4-6-14(12)21-22-17/h7-9,15H,4-6,10H2,1-3H3,(H,20,23)(H,21,22). The number of nitrogens with one attached hydrogen (secondary N) is 2. The molecule has 25 heavy (non-hydrogen) atoms. The van der Waals surface area contributed by atoms with Crippen molar-refractivity contribution in [2.45, 2.75) is 51.2 Å². The van der Waals surface area contributed by atoms with E-state index in [-0.39, 0.29) is 17.6 Å². The Morgan fingerprint density at radius 2 is 2.24 bits per heavy atom. The molecule has 132 valence electrons. The van der Waals surface area contributed by atoms with Crippen LogP contribution < -0.4 is 14.8 Å². The van der Waals surface area contributed by atoms with Crippen LogP contribution in [-0.2, 0) is 12.8 Å². The Balaban J connectivity index is 1.64. The summed E-state index contributed by atoms with van der Waals surface area (Å²) in [5.74, 6) is 1.41.